The number of halogens is 1. The molecule has 1 aromatic rings. The van der Waals surface area contributed by atoms with E-state index in [0.717, 1.165) is 36.8 Å². The van der Waals surface area contributed by atoms with Crippen LogP contribution < -0.4 is 5.32 Å². The number of fused-ring (bicyclic) bond motifs is 1. The molecule has 1 aliphatic rings. The molecule has 1 atom stereocenters. The van der Waals surface area contributed by atoms with Gasteiger partial charge in [0.2, 0.25) is 5.91 Å². The number of amides is 1. The maximum atomic E-state index is 13.1. The second-order valence-corrected chi connectivity index (χ2v) is 5.67. The topological polar surface area (TPSA) is 29.1 Å². The van der Waals surface area contributed by atoms with Crippen LogP contribution >= 0.6 is 0 Å². The summed E-state index contributed by atoms with van der Waals surface area (Å²) in [6, 6.07) is 4.96. The summed E-state index contributed by atoms with van der Waals surface area (Å²) >= 11 is 0. The summed E-state index contributed by atoms with van der Waals surface area (Å²) in [5.41, 5.74) is 2.13. The van der Waals surface area contributed by atoms with E-state index < -0.39 is 0 Å². The van der Waals surface area contributed by atoms with Gasteiger partial charge in [0.25, 0.3) is 0 Å². The number of nitrogens with one attached hydrogen (secondary N) is 1. The standard InChI is InChI=1S/C17H24FNO/c1-2-3-4-5-6-7-17(20)19-16-11-8-13-12-14(18)9-10-15(13)16/h9-10,12,16H,2-8,11H2,1H3,(H,19,20). The molecule has 2 rings (SSSR count). The van der Waals surface area contributed by atoms with Gasteiger partial charge in [0.1, 0.15) is 5.82 Å². The van der Waals surface area contributed by atoms with Crippen LogP contribution in [0.2, 0.25) is 0 Å². The Kier molecular flexibility index (Phi) is 5.57. The lowest BCUT2D eigenvalue weighted by Gasteiger charge is -2.14. The van der Waals surface area contributed by atoms with Gasteiger partial charge in [0, 0.05) is 6.42 Å². The van der Waals surface area contributed by atoms with E-state index in [0.29, 0.717) is 6.42 Å². The van der Waals surface area contributed by atoms with Crippen LogP contribution in [0, 0.1) is 5.82 Å². The molecular weight excluding hydrogens is 253 g/mol. The van der Waals surface area contributed by atoms with Crippen LogP contribution in [-0.4, -0.2) is 5.91 Å². The summed E-state index contributed by atoms with van der Waals surface area (Å²) in [7, 11) is 0. The summed E-state index contributed by atoms with van der Waals surface area (Å²) in [5, 5.41) is 3.08. The average molecular weight is 277 g/mol. The van der Waals surface area contributed by atoms with Crippen LogP contribution in [0.5, 0.6) is 0 Å². The van der Waals surface area contributed by atoms with E-state index in [1.807, 2.05) is 6.07 Å². The molecule has 1 N–H and O–H groups in total. The van der Waals surface area contributed by atoms with Gasteiger partial charge in [0.15, 0.2) is 0 Å². The highest BCUT2D eigenvalue weighted by Gasteiger charge is 2.23. The number of unbranched alkanes of at least 4 members (excludes halogenated alkanes) is 4. The third-order valence-corrected chi connectivity index (χ3v) is 4.03. The Morgan fingerprint density at radius 3 is 2.90 bits per heavy atom. The highest BCUT2D eigenvalue weighted by atomic mass is 19.1. The van der Waals surface area contributed by atoms with Gasteiger partial charge >= 0.3 is 0 Å². The quantitative estimate of drug-likeness (QED) is 0.740. The summed E-state index contributed by atoms with van der Waals surface area (Å²) < 4.78 is 13.1. The second-order valence-electron chi connectivity index (χ2n) is 5.67. The first kappa shape index (κ1) is 15.0. The van der Waals surface area contributed by atoms with Gasteiger partial charge in [-0.15, -0.1) is 0 Å². The Labute approximate surface area is 120 Å². The number of aryl methyl sites for hydroxylation is 1. The van der Waals surface area contributed by atoms with E-state index in [1.54, 1.807) is 6.07 Å². The summed E-state index contributed by atoms with van der Waals surface area (Å²) in [6.45, 7) is 2.19. The number of carbonyl (C=O) groups excluding carboxylic acids is 1. The lowest BCUT2D eigenvalue weighted by molar-refractivity contribution is -0.121. The van der Waals surface area contributed by atoms with Gasteiger partial charge in [-0.3, -0.25) is 4.79 Å². The van der Waals surface area contributed by atoms with Gasteiger partial charge in [-0.05, 0) is 42.5 Å². The molecule has 0 saturated carbocycles. The van der Waals surface area contributed by atoms with Crippen molar-refractivity contribution >= 4 is 5.91 Å². The molecule has 0 radical (unpaired) electrons. The van der Waals surface area contributed by atoms with Crippen LogP contribution in [0.3, 0.4) is 0 Å². The average Bonchev–Trinajstić information content (AvgIpc) is 2.81. The zero-order chi connectivity index (χ0) is 14.4. The maximum Gasteiger partial charge on any atom is 0.220 e. The van der Waals surface area contributed by atoms with Gasteiger partial charge in [-0.2, -0.15) is 0 Å². The van der Waals surface area contributed by atoms with Crippen molar-refractivity contribution in [1.82, 2.24) is 5.32 Å². The highest BCUT2D eigenvalue weighted by Crippen LogP contribution is 2.31. The number of benzene rings is 1. The van der Waals surface area contributed by atoms with Crippen LogP contribution in [0.4, 0.5) is 4.39 Å². The number of carbonyl (C=O) groups is 1. The van der Waals surface area contributed by atoms with Crippen LogP contribution in [0.15, 0.2) is 18.2 Å². The molecule has 1 aliphatic carbocycles. The smallest absolute Gasteiger partial charge is 0.220 e. The summed E-state index contributed by atoms with van der Waals surface area (Å²) in [5.74, 6) is -0.0599. The van der Waals surface area contributed by atoms with Crippen molar-refractivity contribution in [2.75, 3.05) is 0 Å². The number of hydrogen-bond donors (Lipinski definition) is 1. The predicted molar refractivity (Wildman–Crippen MR) is 79.0 cm³/mol. The lowest BCUT2D eigenvalue weighted by Crippen LogP contribution is -2.26. The molecule has 1 aromatic carbocycles. The Bertz CT molecular complexity index is 458. The molecule has 0 aromatic heterocycles. The molecule has 0 spiro atoms. The lowest BCUT2D eigenvalue weighted by atomic mass is 10.1. The van der Waals surface area contributed by atoms with E-state index in [9.17, 15) is 9.18 Å². The minimum atomic E-state index is -0.188. The Morgan fingerprint density at radius 1 is 1.30 bits per heavy atom. The third-order valence-electron chi connectivity index (χ3n) is 4.03. The Balaban J connectivity index is 1.76. The van der Waals surface area contributed by atoms with Gasteiger partial charge in [-0.25, -0.2) is 4.39 Å². The van der Waals surface area contributed by atoms with E-state index >= 15 is 0 Å². The van der Waals surface area contributed by atoms with Crippen LogP contribution in [0.25, 0.3) is 0 Å². The van der Waals surface area contributed by atoms with Gasteiger partial charge in [-0.1, -0.05) is 38.7 Å². The van der Waals surface area contributed by atoms with Crippen molar-refractivity contribution in [2.45, 2.75) is 64.3 Å². The fraction of sp³-hybridized carbons (Fsp3) is 0.588. The van der Waals surface area contributed by atoms with Gasteiger partial charge < -0.3 is 5.32 Å². The molecule has 2 nitrogen and oxygen atoms in total. The Morgan fingerprint density at radius 2 is 2.10 bits per heavy atom. The molecule has 110 valence electrons. The van der Waals surface area contributed by atoms with Crippen molar-refractivity contribution in [2.24, 2.45) is 0 Å². The molecule has 0 fully saturated rings. The molecule has 1 unspecified atom stereocenters. The number of hydrogen-bond acceptors (Lipinski definition) is 1. The number of rotatable bonds is 7. The molecule has 0 bridgehead atoms. The Hall–Kier alpha value is -1.38. The molecule has 0 saturated heterocycles. The van der Waals surface area contributed by atoms with Crippen molar-refractivity contribution in [3.05, 3.63) is 35.1 Å². The first-order valence-corrected chi connectivity index (χ1v) is 7.78. The van der Waals surface area contributed by atoms with E-state index in [-0.39, 0.29) is 17.8 Å². The van der Waals surface area contributed by atoms with Gasteiger partial charge in [0.05, 0.1) is 6.04 Å². The zero-order valence-corrected chi connectivity index (χ0v) is 12.3. The molecule has 3 heteroatoms. The largest absolute Gasteiger partial charge is 0.349 e. The third kappa shape index (κ3) is 4.06. The minimum Gasteiger partial charge on any atom is -0.349 e. The summed E-state index contributed by atoms with van der Waals surface area (Å²) in [6.07, 6.45) is 8.15. The SMILES string of the molecule is CCCCCCCC(=O)NC1CCc2cc(F)ccc21. The predicted octanol–water partition coefficient (Wildman–Crippen LogP) is 4.29. The molecule has 1 amide bonds. The molecular formula is C17H24FNO. The van der Waals surface area contributed by atoms with E-state index in [1.165, 1.54) is 25.3 Å². The van der Waals surface area contributed by atoms with Crippen molar-refractivity contribution in [3.63, 3.8) is 0 Å². The first-order valence-electron chi connectivity index (χ1n) is 7.78. The van der Waals surface area contributed by atoms with Crippen molar-refractivity contribution < 1.29 is 9.18 Å². The minimum absolute atomic E-state index is 0.0775. The first-order chi connectivity index (χ1) is 9.70. The molecule has 0 heterocycles. The highest BCUT2D eigenvalue weighted by molar-refractivity contribution is 5.76. The van der Waals surface area contributed by atoms with Crippen LogP contribution in [0.1, 0.15) is 69.0 Å². The normalized spacial score (nSPS) is 17.0. The molecule has 20 heavy (non-hydrogen) atoms. The molecule has 0 aliphatic heterocycles. The van der Waals surface area contributed by atoms with Crippen molar-refractivity contribution in [3.8, 4) is 0 Å². The fourth-order valence-electron chi connectivity index (χ4n) is 2.89. The maximum absolute atomic E-state index is 13.1. The fourth-order valence-corrected chi connectivity index (χ4v) is 2.89. The van der Waals surface area contributed by atoms with Crippen LogP contribution in [-0.2, 0) is 11.2 Å². The summed E-state index contributed by atoms with van der Waals surface area (Å²) in [4.78, 5) is 11.9. The second kappa shape index (κ2) is 7.41. The zero-order valence-electron chi connectivity index (χ0n) is 12.3. The van der Waals surface area contributed by atoms with E-state index in [2.05, 4.69) is 12.2 Å². The van der Waals surface area contributed by atoms with Crippen molar-refractivity contribution in [1.29, 1.82) is 0 Å². The monoisotopic (exact) mass is 277 g/mol. The van der Waals surface area contributed by atoms with E-state index in [4.69, 9.17) is 0 Å².